The van der Waals surface area contributed by atoms with Crippen LogP contribution in [0.5, 0.6) is 0 Å². The van der Waals surface area contributed by atoms with Crippen molar-refractivity contribution >= 4 is 5.95 Å². The summed E-state index contributed by atoms with van der Waals surface area (Å²) in [4.78, 5) is 6.70. The van der Waals surface area contributed by atoms with Gasteiger partial charge in [0.15, 0.2) is 0 Å². The van der Waals surface area contributed by atoms with Gasteiger partial charge in [-0.1, -0.05) is 30.3 Å². The molecule has 24 heavy (non-hydrogen) atoms. The molecule has 1 fully saturated rings. The zero-order valence-corrected chi connectivity index (χ0v) is 13.4. The molecule has 1 saturated heterocycles. The number of likely N-dealkylation sites (tertiary alicyclic amines) is 1. The van der Waals surface area contributed by atoms with Crippen LogP contribution in [0.15, 0.2) is 36.4 Å². The fraction of sp³-hybridized carbons (Fsp3) is 0.353. The van der Waals surface area contributed by atoms with E-state index >= 15 is 0 Å². The SMILES string of the molecule is Nc1n[nH]c(C2CCN(Cc3cc(-c4ccccc4)n[nH]3)CC2)n1. The Bertz CT molecular complexity index is 784. The molecule has 1 aliphatic rings. The lowest BCUT2D eigenvalue weighted by molar-refractivity contribution is 0.200. The first-order chi connectivity index (χ1) is 11.8. The number of nitrogens with zero attached hydrogens (tertiary/aromatic N) is 4. The number of hydrogen-bond donors (Lipinski definition) is 3. The average molecular weight is 323 g/mol. The molecule has 1 aromatic carbocycles. The molecule has 0 spiro atoms. The van der Waals surface area contributed by atoms with Gasteiger partial charge in [0, 0.05) is 23.7 Å². The second kappa shape index (κ2) is 6.45. The van der Waals surface area contributed by atoms with E-state index in [0.29, 0.717) is 11.9 Å². The highest BCUT2D eigenvalue weighted by Gasteiger charge is 2.23. The fourth-order valence-corrected chi connectivity index (χ4v) is 3.28. The first-order valence-corrected chi connectivity index (χ1v) is 8.28. The maximum atomic E-state index is 5.59. The molecule has 0 bridgehead atoms. The number of benzene rings is 1. The molecule has 4 N–H and O–H groups in total. The van der Waals surface area contributed by atoms with Crippen LogP contribution in [-0.2, 0) is 6.54 Å². The highest BCUT2D eigenvalue weighted by Crippen LogP contribution is 2.26. The highest BCUT2D eigenvalue weighted by atomic mass is 15.3. The van der Waals surface area contributed by atoms with Gasteiger partial charge in [0.2, 0.25) is 5.95 Å². The van der Waals surface area contributed by atoms with Gasteiger partial charge in [-0.25, -0.2) is 0 Å². The van der Waals surface area contributed by atoms with Crippen LogP contribution in [0.1, 0.15) is 30.3 Å². The maximum absolute atomic E-state index is 5.59. The fourth-order valence-electron chi connectivity index (χ4n) is 3.28. The zero-order chi connectivity index (χ0) is 16.4. The lowest BCUT2D eigenvalue weighted by Crippen LogP contribution is -2.32. The highest BCUT2D eigenvalue weighted by molar-refractivity contribution is 5.58. The summed E-state index contributed by atoms with van der Waals surface area (Å²) in [5.41, 5.74) is 8.88. The number of hydrogen-bond acceptors (Lipinski definition) is 5. The third-order valence-electron chi connectivity index (χ3n) is 4.59. The molecule has 0 atom stereocenters. The van der Waals surface area contributed by atoms with Crippen LogP contribution in [-0.4, -0.2) is 43.4 Å². The van der Waals surface area contributed by atoms with E-state index in [1.54, 1.807) is 0 Å². The van der Waals surface area contributed by atoms with Crippen LogP contribution < -0.4 is 5.73 Å². The Kier molecular flexibility index (Phi) is 4.00. The van der Waals surface area contributed by atoms with E-state index < -0.39 is 0 Å². The Hall–Kier alpha value is -2.67. The minimum Gasteiger partial charge on any atom is -0.367 e. The van der Waals surface area contributed by atoms with Crippen molar-refractivity contribution in [3.8, 4) is 11.3 Å². The molecule has 0 aliphatic carbocycles. The summed E-state index contributed by atoms with van der Waals surface area (Å²) < 4.78 is 0. The van der Waals surface area contributed by atoms with Crippen LogP contribution in [0, 0.1) is 0 Å². The largest absolute Gasteiger partial charge is 0.367 e. The quantitative estimate of drug-likeness (QED) is 0.683. The number of aromatic amines is 2. The Morgan fingerprint density at radius 3 is 2.58 bits per heavy atom. The number of nitrogens with one attached hydrogen (secondary N) is 2. The molecular weight excluding hydrogens is 302 g/mol. The van der Waals surface area contributed by atoms with E-state index in [1.807, 2.05) is 18.2 Å². The van der Waals surface area contributed by atoms with Crippen LogP contribution in [0.2, 0.25) is 0 Å². The smallest absolute Gasteiger partial charge is 0.239 e. The van der Waals surface area contributed by atoms with Gasteiger partial charge in [-0.3, -0.25) is 15.1 Å². The van der Waals surface area contributed by atoms with Crippen LogP contribution in [0.3, 0.4) is 0 Å². The van der Waals surface area contributed by atoms with Gasteiger partial charge in [-0.15, -0.1) is 5.10 Å². The van der Waals surface area contributed by atoms with Gasteiger partial charge in [0.05, 0.1) is 5.69 Å². The minimum absolute atomic E-state index is 0.332. The van der Waals surface area contributed by atoms with Gasteiger partial charge in [-0.2, -0.15) is 10.1 Å². The van der Waals surface area contributed by atoms with Crippen LogP contribution in [0.25, 0.3) is 11.3 Å². The van der Waals surface area contributed by atoms with Gasteiger partial charge in [-0.05, 0) is 32.0 Å². The second-order valence-electron chi connectivity index (χ2n) is 6.27. The molecule has 2 aromatic heterocycles. The summed E-state index contributed by atoms with van der Waals surface area (Å²) >= 11 is 0. The molecule has 4 rings (SSSR count). The summed E-state index contributed by atoms with van der Waals surface area (Å²) in [7, 11) is 0. The monoisotopic (exact) mass is 323 g/mol. The predicted octanol–water partition coefficient (Wildman–Crippen LogP) is 2.16. The van der Waals surface area contributed by atoms with Crippen molar-refractivity contribution < 1.29 is 0 Å². The van der Waals surface area contributed by atoms with Crippen molar-refractivity contribution in [3.05, 3.63) is 47.9 Å². The topological polar surface area (TPSA) is 99.5 Å². The molecule has 0 unspecified atom stereocenters. The van der Waals surface area contributed by atoms with Gasteiger partial charge < -0.3 is 5.73 Å². The number of anilines is 1. The number of rotatable bonds is 4. The minimum atomic E-state index is 0.332. The second-order valence-corrected chi connectivity index (χ2v) is 6.27. The third kappa shape index (κ3) is 3.16. The molecule has 7 heteroatoms. The Morgan fingerprint density at radius 1 is 1.08 bits per heavy atom. The number of piperidine rings is 1. The molecule has 3 heterocycles. The lowest BCUT2D eigenvalue weighted by atomic mass is 9.96. The molecule has 0 amide bonds. The molecule has 0 radical (unpaired) electrons. The van der Waals surface area contributed by atoms with Crippen molar-refractivity contribution in [1.82, 2.24) is 30.3 Å². The number of aromatic nitrogens is 5. The maximum Gasteiger partial charge on any atom is 0.239 e. The van der Waals surface area contributed by atoms with E-state index in [2.05, 4.69) is 48.5 Å². The van der Waals surface area contributed by atoms with Crippen molar-refractivity contribution in [2.24, 2.45) is 0 Å². The summed E-state index contributed by atoms with van der Waals surface area (Å²) in [6.07, 6.45) is 2.13. The average Bonchev–Trinajstić information content (AvgIpc) is 3.26. The first-order valence-electron chi connectivity index (χ1n) is 8.28. The van der Waals surface area contributed by atoms with E-state index in [9.17, 15) is 0 Å². The van der Waals surface area contributed by atoms with Crippen molar-refractivity contribution in [2.75, 3.05) is 18.8 Å². The first kappa shape index (κ1) is 14.9. The molecule has 124 valence electrons. The number of nitrogens with two attached hydrogens (primary N) is 1. The Labute approximate surface area is 140 Å². The normalized spacial score (nSPS) is 16.5. The summed E-state index contributed by atoms with van der Waals surface area (Å²) in [6, 6.07) is 12.4. The molecule has 3 aromatic rings. The summed E-state index contributed by atoms with van der Waals surface area (Å²) in [5, 5.41) is 14.5. The third-order valence-corrected chi connectivity index (χ3v) is 4.59. The van der Waals surface area contributed by atoms with Crippen LogP contribution >= 0.6 is 0 Å². The van der Waals surface area contributed by atoms with Gasteiger partial charge in [0.25, 0.3) is 0 Å². The van der Waals surface area contributed by atoms with Gasteiger partial charge in [0.1, 0.15) is 5.82 Å². The lowest BCUT2D eigenvalue weighted by Gasteiger charge is -2.30. The zero-order valence-electron chi connectivity index (χ0n) is 13.4. The summed E-state index contributed by atoms with van der Waals surface area (Å²) in [6.45, 7) is 2.96. The van der Waals surface area contributed by atoms with Crippen molar-refractivity contribution in [1.29, 1.82) is 0 Å². The van der Waals surface area contributed by atoms with E-state index in [-0.39, 0.29) is 0 Å². The predicted molar refractivity (Wildman–Crippen MR) is 92.1 cm³/mol. The van der Waals surface area contributed by atoms with Crippen molar-refractivity contribution in [2.45, 2.75) is 25.3 Å². The molecule has 7 nitrogen and oxygen atoms in total. The number of nitrogen functional groups attached to an aromatic ring is 1. The summed E-state index contributed by atoms with van der Waals surface area (Å²) in [5.74, 6) is 1.67. The van der Waals surface area contributed by atoms with E-state index in [4.69, 9.17) is 5.73 Å². The van der Waals surface area contributed by atoms with Crippen molar-refractivity contribution in [3.63, 3.8) is 0 Å². The molecule has 1 aliphatic heterocycles. The standard InChI is InChI=1S/C17H21N7/c18-17-19-16(22-23-17)13-6-8-24(9-7-13)11-14-10-15(21-20-14)12-4-2-1-3-5-12/h1-5,10,13H,6-9,11H2,(H,20,21)(H3,18,19,22,23). The molecule has 0 saturated carbocycles. The van der Waals surface area contributed by atoms with E-state index in [0.717, 1.165) is 55.3 Å². The van der Waals surface area contributed by atoms with Crippen LogP contribution in [0.4, 0.5) is 5.95 Å². The van der Waals surface area contributed by atoms with E-state index in [1.165, 1.54) is 0 Å². The Morgan fingerprint density at radius 2 is 1.88 bits per heavy atom. The van der Waals surface area contributed by atoms with Gasteiger partial charge >= 0.3 is 0 Å². The molecular formula is C17H21N7. The Balaban J connectivity index is 1.35. The number of H-pyrrole nitrogens is 2.